The van der Waals surface area contributed by atoms with E-state index >= 15 is 0 Å². The minimum absolute atomic E-state index is 0.292. The summed E-state index contributed by atoms with van der Waals surface area (Å²) < 4.78 is 31.7. The van der Waals surface area contributed by atoms with Gasteiger partial charge in [0.15, 0.2) is 0 Å². The van der Waals surface area contributed by atoms with Crippen molar-refractivity contribution in [1.82, 2.24) is 4.31 Å². The highest BCUT2D eigenvalue weighted by Gasteiger charge is 2.21. The van der Waals surface area contributed by atoms with Gasteiger partial charge >= 0.3 is 0 Å². The molecule has 0 N–H and O–H groups in total. The molecule has 0 spiro atoms. The van der Waals surface area contributed by atoms with Crippen molar-refractivity contribution in [3.05, 3.63) is 24.3 Å². The number of sulfonamides is 1. The van der Waals surface area contributed by atoms with Gasteiger partial charge in [0, 0.05) is 13.1 Å². The third kappa shape index (κ3) is 4.21. The predicted molar refractivity (Wildman–Crippen MR) is 76.9 cm³/mol. The number of ether oxygens (including phenoxy) is 1. The Labute approximate surface area is 116 Å². The molecule has 0 aliphatic carbocycles. The lowest BCUT2D eigenvalue weighted by Crippen LogP contribution is -2.30. The molecule has 0 aromatic heterocycles. The van der Waals surface area contributed by atoms with Gasteiger partial charge in [-0.1, -0.05) is 13.8 Å². The van der Waals surface area contributed by atoms with Crippen LogP contribution in [-0.2, 0) is 10.0 Å². The second-order valence-electron chi connectivity index (χ2n) is 5.28. The molecule has 0 radical (unpaired) electrons. The minimum Gasteiger partial charge on any atom is -0.488 e. The summed E-state index contributed by atoms with van der Waals surface area (Å²) in [5.74, 6) is 0.672. The Balaban J connectivity index is 2.99. The van der Waals surface area contributed by atoms with Gasteiger partial charge in [0.05, 0.1) is 4.90 Å². The SMILES string of the molecule is CCN(CC)S(=O)(=O)c1ccc(OC(C)(C)C)cc1. The van der Waals surface area contributed by atoms with Gasteiger partial charge < -0.3 is 4.74 Å². The smallest absolute Gasteiger partial charge is 0.243 e. The molecule has 0 saturated heterocycles. The van der Waals surface area contributed by atoms with Gasteiger partial charge in [0.25, 0.3) is 0 Å². The summed E-state index contributed by atoms with van der Waals surface area (Å²) in [5, 5.41) is 0. The highest BCUT2D eigenvalue weighted by molar-refractivity contribution is 7.89. The van der Waals surface area contributed by atoms with Crippen molar-refractivity contribution in [2.24, 2.45) is 0 Å². The lowest BCUT2D eigenvalue weighted by Gasteiger charge is -2.22. The van der Waals surface area contributed by atoms with Crippen molar-refractivity contribution in [1.29, 1.82) is 0 Å². The maximum Gasteiger partial charge on any atom is 0.243 e. The Kier molecular flexibility index (Phi) is 4.98. The van der Waals surface area contributed by atoms with Crippen LogP contribution in [0.3, 0.4) is 0 Å². The Morgan fingerprint density at radius 1 is 1.05 bits per heavy atom. The topological polar surface area (TPSA) is 46.6 Å². The molecule has 0 unspecified atom stereocenters. The van der Waals surface area contributed by atoms with Gasteiger partial charge in [-0.15, -0.1) is 0 Å². The first-order valence-electron chi connectivity index (χ1n) is 6.50. The predicted octanol–water partition coefficient (Wildman–Crippen LogP) is 2.89. The minimum atomic E-state index is -3.38. The first-order valence-corrected chi connectivity index (χ1v) is 7.94. The lowest BCUT2D eigenvalue weighted by atomic mass is 10.2. The summed E-state index contributed by atoms with van der Waals surface area (Å²) >= 11 is 0. The summed E-state index contributed by atoms with van der Waals surface area (Å²) in [4.78, 5) is 0.303. The number of hydrogen-bond acceptors (Lipinski definition) is 3. The normalized spacial score (nSPS) is 12.7. The summed E-state index contributed by atoms with van der Waals surface area (Å²) in [5.41, 5.74) is -0.292. The number of hydrogen-bond donors (Lipinski definition) is 0. The van der Waals surface area contributed by atoms with Gasteiger partial charge in [-0.3, -0.25) is 0 Å². The van der Waals surface area contributed by atoms with Gasteiger partial charge in [-0.2, -0.15) is 4.31 Å². The number of nitrogens with zero attached hydrogens (tertiary/aromatic N) is 1. The maximum absolute atomic E-state index is 12.3. The van der Waals surface area contributed by atoms with Gasteiger partial charge in [0.2, 0.25) is 10.0 Å². The molecule has 19 heavy (non-hydrogen) atoms. The largest absolute Gasteiger partial charge is 0.488 e. The van der Waals surface area contributed by atoms with Crippen LogP contribution in [0.5, 0.6) is 5.75 Å². The first-order chi connectivity index (χ1) is 8.70. The van der Waals surface area contributed by atoms with Crippen LogP contribution < -0.4 is 4.74 Å². The third-order valence-corrected chi connectivity index (χ3v) is 4.66. The Morgan fingerprint density at radius 2 is 1.53 bits per heavy atom. The molecule has 1 aromatic carbocycles. The molecular weight excluding hydrogens is 262 g/mol. The van der Waals surface area contributed by atoms with Crippen LogP contribution in [0.2, 0.25) is 0 Å². The second-order valence-corrected chi connectivity index (χ2v) is 7.21. The molecule has 0 atom stereocenters. The molecule has 0 amide bonds. The Morgan fingerprint density at radius 3 is 1.89 bits per heavy atom. The van der Waals surface area contributed by atoms with Crippen LogP contribution in [-0.4, -0.2) is 31.4 Å². The van der Waals surface area contributed by atoms with Crippen molar-refractivity contribution in [2.45, 2.75) is 45.1 Å². The van der Waals surface area contributed by atoms with E-state index in [4.69, 9.17) is 4.74 Å². The molecule has 0 fully saturated rings. The number of rotatable bonds is 5. The van der Waals surface area contributed by atoms with Crippen molar-refractivity contribution < 1.29 is 13.2 Å². The molecule has 4 nitrogen and oxygen atoms in total. The van der Waals surface area contributed by atoms with E-state index < -0.39 is 10.0 Å². The average Bonchev–Trinajstić information content (AvgIpc) is 2.28. The molecule has 0 aliphatic heterocycles. The van der Waals surface area contributed by atoms with Gasteiger partial charge in [-0.25, -0.2) is 8.42 Å². The summed E-state index contributed by atoms with van der Waals surface area (Å²) in [6, 6.07) is 6.58. The zero-order valence-corrected chi connectivity index (χ0v) is 13.1. The molecule has 0 saturated carbocycles. The van der Waals surface area contributed by atoms with Crippen molar-refractivity contribution in [2.75, 3.05) is 13.1 Å². The van der Waals surface area contributed by atoms with Crippen molar-refractivity contribution in [3.63, 3.8) is 0 Å². The molecule has 0 aliphatic rings. The zero-order valence-electron chi connectivity index (χ0n) is 12.3. The molecular formula is C14H23NO3S. The van der Waals surface area contributed by atoms with E-state index in [9.17, 15) is 8.42 Å². The molecule has 1 aromatic rings. The van der Waals surface area contributed by atoms with Crippen LogP contribution in [0.1, 0.15) is 34.6 Å². The highest BCUT2D eigenvalue weighted by Crippen LogP contribution is 2.22. The summed E-state index contributed by atoms with van der Waals surface area (Å²) in [7, 11) is -3.38. The van der Waals surface area contributed by atoms with Gasteiger partial charge in [0.1, 0.15) is 11.4 Å². The van der Waals surface area contributed by atoms with E-state index in [1.54, 1.807) is 24.3 Å². The molecule has 108 valence electrons. The lowest BCUT2D eigenvalue weighted by molar-refractivity contribution is 0.131. The zero-order chi connectivity index (χ0) is 14.7. The monoisotopic (exact) mass is 285 g/mol. The van der Waals surface area contributed by atoms with Crippen LogP contribution in [0.4, 0.5) is 0 Å². The average molecular weight is 285 g/mol. The van der Waals surface area contributed by atoms with Crippen LogP contribution >= 0.6 is 0 Å². The molecule has 1 rings (SSSR count). The fourth-order valence-corrected chi connectivity index (χ4v) is 3.20. The van der Waals surface area contributed by atoms with Crippen LogP contribution in [0.25, 0.3) is 0 Å². The van der Waals surface area contributed by atoms with Crippen molar-refractivity contribution >= 4 is 10.0 Å². The molecule has 5 heteroatoms. The van der Waals surface area contributed by atoms with Crippen molar-refractivity contribution in [3.8, 4) is 5.75 Å². The summed E-state index contributed by atoms with van der Waals surface area (Å²) in [6.07, 6.45) is 0. The standard InChI is InChI=1S/C14H23NO3S/c1-6-15(7-2)19(16,17)13-10-8-12(9-11-13)18-14(3,4)5/h8-11H,6-7H2,1-5H3. The van der Waals surface area contributed by atoms with Gasteiger partial charge in [-0.05, 0) is 45.0 Å². The molecule has 0 bridgehead atoms. The third-order valence-electron chi connectivity index (χ3n) is 2.59. The van der Waals surface area contributed by atoms with E-state index in [1.165, 1.54) is 4.31 Å². The fourth-order valence-electron chi connectivity index (χ4n) is 1.75. The Bertz CT molecular complexity index is 496. The second kappa shape index (κ2) is 5.92. The number of benzene rings is 1. The molecule has 0 heterocycles. The Hall–Kier alpha value is -1.07. The van der Waals surface area contributed by atoms with Crippen LogP contribution in [0.15, 0.2) is 29.2 Å². The van der Waals surface area contributed by atoms with E-state index in [0.717, 1.165) is 0 Å². The first kappa shape index (κ1) is 16.0. The van der Waals surface area contributed by atoms with E-state index in [0.29, 0.717) is 23.7 Å². The maximum atomic E-state index is 12.3. The van der Waals surface area contributed by atoms with Crippen LogP contribution in [0, 0.1) is 0 Å². The van der Waals surface area contributed by atoms with E-state index in [1.807, 2.05) is 34.6 Å². The quantitative estimate of drug-likeness (QED) is 0.835. The van der Waals surface area contributed by atoms with E-state index in [-0.39, 0.29) is 5.60 Å². The fraction of sp³-hybridized carbons (Fsp3) is 0.571. The summed E-state index contributed by atoms with van der Waals surface area (Å²) in [6.45, 7) is 10.5. The van der Waals surface area contributed by atoms with E-state index in [2.05, 4.69) is 0 Å². The highest BCUT2D eigenvalue weighted by atomic mass is 32.2.